The highest BCUT2D eigenvalue weighted by molar-refractivity contribution is 7.86. The number of hydrogen-bond donors (Lipinski definition) is 3. The smallest absolute Gasteiger partial charge is 0.296 e. The Morgan fingerprint density at radius 2 is 1.82 bits per heavy atom. The lowest BCUT2D eigenvalue weighted by Gasteiger charge is -2.09. The van der Waals surface area contributed by atoms with Crippen LogP contribution in [0.4, 0.5) is 5.69 Å². The van der Waals surface area contributed by atoms with Gasteiger partial charge in [-0.3, -0.25) is 4.55 Å². The maximum Gasteiger partial charge on any atom is 0.296 e. The van der Waals surface area contributed by atoms with Crippen molar-refractivity contribution in [1.29, 1.82) is 0 Å². The molecule has 2 aromatic rings. The van der Waals surface area contributed by atoms with Gasteiger partial charge in [-0.05, 0) is 13.0 Å². The van der Waals surface area contributed by atoms with E-state index >= 15 is 0 Å². The second-order valence-electron chi connectivity index (χ2n) is 3.83. The number of aryl methyl sites for hydroxylation is 1. The van der Waals surface area contributed by atoms with Crippen molar-refractivity contribution in [3.63, 3.8) is 0 Å². The normalized spacial score (nSPS) is 11.9. The van der Waals surface area contributed by atoms with Crippen molar-refractivity contribution in [2.45, 2.75) is 11.8 Å². The first-order chi connectivity index (χ1) is 7.80. The van der Waals surface area contributed by atoms with Gasteiger partial charge in [-0.1, -0.05) is 17.7 Å². The van der Waals surface area contributed by atoms with E-state index in [9.17, 15) is 13.5 Å². The van der Waals surface area contributed by atoms with Crippen LogP contribution in [-0.2, 0) is 10.1 Å². The van der Waals surface area contributed by atoms with E-state index in [1.54, 1.807) is 18.2 Å². The number of nitrogens with two attached hydrogens (primary N) is 1. The molecule has 0 saturated carbocycles. The number of hydrogen-bond acceptors (Lipinski definition) is 4. The van der Waals surface area contributed by atoms with Crippen molar-refractivity contribution in [3.05, 3.63) is 29.8 Å². The summed E-state index contributed by atoms with van der Waals surface area (Å²) < 4.78 is 31.2. The Morgan fingerprint density at radius 3 is 2.41 bits per heavy atom. The van der Waals surface area contributed by atoms with Crippen LogP contribution in [0.3, 0.4) is 0 Å². The first-order valence-corrected chi connectivity index (χ1v) is 6.24. The van der Waals surface area contributed by atoms with Crippen LogP contribution in [0, 0.1) is 6.92 Å². The topological polar surface area (TPSA) is 101 Å². The molecular weight excluding hydrogens is 242 g/mol. The average molecular weight is 253 g/mol. The lowest BCUT2D eigenvalue weighted by atomic mass is 10.1. The maximum atomic E-state index is 11.1. The summed E-state index contributed by atoms with van der Waals surface area (Å²) in [4.78, 5) is -0.479. The molecule has 0 radical (unpaired) electrons. The monoisotopic (exact) mass is 253 g/mol. The molecule has 90 valence electrons. The minimum absolute atomic E-state index is 0.0657. The number of aromatic hydroxyl groups is 1. The number of rotatable bonds is 1. The highest BCUT2D eigenvalue weighted by Crippen LogP contribution is 2.35. The van der Waals surface area contributed by atoms with Gasteiger partial charge in [0.25, 0.3) is 10.1 Å². The van der Waals surface area contributed by atoms with Crippen LogP contribution in [0.25, 0.3) is 10.8 Å². The van der Waals surface area contributed by atoms with Crippen LogP contribution in [0.5, 0.6) is 5.75 Å². The predicted molar refractivity (Wildman–Crippen MR) is 64.6 cm³/mol. The molecule has 0 saturated heterocycles. The Kier molecular flexibility index (Phi) is 2.48. The second-order valence-corrected chi connectivity index (χ2v) is 5.22. The molecule has 0 fully saturated rings. The molecule has 0 bridgehead atoms. The summed E-state index contributed by atoms with van der Waals surface area (Å²) >= 11 is 0. The molecule has 2 aromatic carbocycles. The first-order valence-electron chi connectivity index (χ1n) is 4.80. The zero-order valence-electron chi connectivity index (χ0n) is 9.01. The Morgan fingerprint density at radius 1 is 1.18 bits per heavy atom. The van der Waals surface area contributed by atoms with Gasteiger partial charge >= 0.3 is 0 Å². The van der Waals surface area contributed by atoms with Crippen LogP contribution in [0.1, 0.15) is 5.56 Å². The summed E-state index contributed by atoms with van der Waals surface area (Å²) in [7, 11) is -4.45. The lowest BCUT2D eigenvalue weighted by molar-refractivity contribution is 0.471. The number of fused-ring (bicyclic) bond motifs is 1. The predicted octanol–water partition coefficient (Wildman–Crippen LogP) is 1.68. The van der Waals surface area contributed by atoms with Crippen molar-refractivity contribution in [2.24, 2.45) is 0 Å². The van der Waals surface area contributed by atoms with E-state index in [0.29, 0.717) is 10.8 Å². The van der Waals surface area contributed by atoms with Crippen molar-refractivity contribution in [3.8, 4) is 5.75 Å². The summed E-state index contributed by atoms with van der Waals surface area (Å²) in [5, 5.41) is 10.5. The fourth-order valence-electron chi connectivity index (χ4n) is 1.73. The molecule has 0 atom stereocenters. The van der Waals surface area contributed by atoms with Gasteiger partial charge in [0, 0.05) is 16.8 Å². The summed E-state index contributed by atoms with van der Waals surface area (Å²) in [6.45, 7) is 1.82. The zero-order chi connectivity index (χ0) is 12.8. The second kappa shape index (κ2) is 3.61. The van der Waals surface area contributed by atoms with Crippen molar-refractivity contribution >= 4 is 26.6 Å². The molecule has 0 aromatic heterocycles. The van der Waals surface area contributed by atoms with Gasteiger partial charge in [0.1, 0.15) is 10.6 Å². The Labute approximate surface area is 98.2 Å². The van der Waals surface area contributed by atoms with Crippen molar-refractivity contribution in [2.75, 3.05) is 5.73 Å². The lowest BCUT2D eigenvalue weighted by Crippen LogP contribution is -2.03. The van der Waals surface area contributed by atoms with E-state index in [-0.39, 0.29) is 11.4 Å². The van der Waals surface area contributed by atoms with Crippen LogP contribution < -0.4 is 5.73 Å². The molecule has 2 rings (SSSR count). The highest BCUT2D eigenvalue weighted by Gasteiger charge is 2.18. The quantitative estimate of drug-likeness (QED) is 0.408. The summed E-state index contributed by atoms with van der Waals surface area (Å²) in [5.41, 5.74) is 6.50. The third kappa shape index (κ3) is 1.92. The molecule has 17 heavy (non-hydrogen) atoms. The highest BCUT2D eigenvalue weighted by atomic mass is 32.2. The van der Waals surface area contributed by atoms with E-state index in [1.165, 1.54) is 0 Å². The van der Waals surface area contributed by atoms with Gasteiger partial charge in [-0.2, -0.15) is 8.42 Å². The van der Waals surface area contributed by atoms with Gasteiger partial charge < -0.3 is 10.8 Å². The molecule has 0 heterocycles. The largest absolute Gasteiger partial charge is 0.507 e. The van der Waals surface area contributed by atoms with Gasteiger partial charge in [-0.15, -0.1) is 0 Å². The number of benzene rings is 2. The Bertz CT molecular complexity index is 707. The molecule has 0 unspecified atom stereocenters. The summed E-state index contributed by atoms with van der Waals surface area (Å²) in [6, 6.07) is 6.01. The van der Waals surface area contributed by atoms with Gasteiger partial charge in [0.05, 0.1) is 5.69 Å². The Balaban J connectivity index is 2.98. The van der Waals surface area contributed by atoms with Gasteiger partial charge in [0.15, 0.2) is 0 Å². The number of phenols is 1. The first kappa shape index (κ1) is 11.7. The van der Waals surface area contributed by atoms with Crippen molar-refractivity contribution < 1.29 is 18.1 Å². The van der Waals surface area contributed by atoms with Gasteiger partial charge in [0.2, 0.25) is 0 Å². The molecule has 4 N–H and O–H groups in total. The fraction of sp³-hybridized carbons (Fsp3) is 0.0909. The van der Waals surface area contributed by atoms with Crippen LogP contribution in [0.2, 0.25) is 0 Å². The molecule has 0 amide bonds. The number of anilines is 1. The van der Waals surface area contributed by atoms with Gasteiger partial charge in [-0.25, -0.2) is 0 Å². The maximum absolute atomic E-state index is 11.1. The Hall–Kier alpha value is -1.79. The van der Waals surface area contributed by atoms with E-state index in [4.69, 9.17) is 10.3 Å². The van der Waals surface area contributed by atoms with E-state index in [0.717, 1.165) is 11.6 Å². The van der Waals surface area contributed by atoms with Crippen LogP contribution in [0.15, 0.2) is 29.2 Å². The zero-order valence-corrected chi connectivity index (χ0v) is 9.82. The molecular formula is C11H11NO4S. The van der Waals surface area contributed by atoms with E-state index < -0.39 is 15.0 Å². The van der Waals surface area contributed by atoms with Crippen molar-refractivity contribution in [1.82, 2.24) is 0 Å². The summed E-state index contributed by atoms with van der Waals surface area (Å²) in [5.74, 6) is -0.234. The molecule has 5 nitrogen and oxygen atoms in total. The van der Waals surface area contributed by atoms with E-state index in [1.807, 2.05) is 6.92 Å². The minimum Gasteiger partial charge on any atom is -0.507 e. The number of phenolic OH excluding ortho intramolecular Hbond substituents is 1. The van der Waals surface area contributed by atoms with Crippen LogP contribution >= 0.6 is 0 Å². The molecule has 0 aliphatic heterocycles. The molecule has 0 aliphatic rings. The minimum atomic E-state index is -4.45. The average Bonchev–Trinajstić information content (AvgIpc) is 2.21. The fourth-order valence-corrected chi connectivity index (χ4v) is 2.38. The SMILES string of the molecule is Cc1ccc2c(O)cc(S(=O)(=O)O)c(N)c2c1. The van der Waals surface area contributed by atoms with E-state index in [2.05, 4.69) is 0 Å². The van der Waals surface area contributed by atoms with Crippen LogP contribution in [-0.4, -0.2) is 18.1 Å². The summed E-state index contributed by atoms with van der Waals surface area (Å²) in [6.07, 6.45) is 0. The molecule has 0 aliphatic carbocycles. The molecule has 0 spiro atoms. The third-order valence-electron chi connectivity index (χ3n) is 2.55. The standard InChI is InChI=1S/C11H11NO4S/c1-6-2-3-7-8(4-6)11(12)10(5-9(7)13)17(14,15)16/h2-5,13H,12H2,1H3,(H,14,15,16). The number of nitrogen functional groups attached to an aromatic ring is 1. The third-order valence-corrected chi connectivity index (χ3v) is 3.45. The molecule has 6 heteroatoms.